The Labute approximate surface area is 157 Å². The lowest BCUT2D eigenvalue weighted by Crippen LogP contribution is -2.30. The number of methoxy groups -OCH3 is 2. The van der Waals surface area contributed by atoms with E-state index in [-0.39, 0.29) is 19.0 Å². The van der Waals surface area contributed by atoms with E-state index in [1.54, 1.807) is 36.9 Å². The van der Waals surface area contributed by atoms with Crippen molar-refractivity contribution in [1.82, 2.24) is 4.90 Å². The van der Waals surface area contributed by atoms with Crippen LogP contribution in [0.2, 0.25) is 0 Å². The highest BCUT2D eigenvalue weighted by molar-refractivity contribution is 5.96. The van der Waals surface area contributed by atoms with Crippen molar-refractivity contribution in [3.05, 3.63) is 46.9 Å². The number of hydrogen-bond acceptors (Lipinski definition) is 5. The molecule has 0 saturated carbocycles. The average molecular weight is 373 g/mol. The van der Waals surface area contributed by atoms with Crippen LogP contribution in [0.25, 0.3) is 0 Å². The molecule has 7 heteroatoms. The number of benzene rings is 1. The summed E-state index contributed by atoms with van der Waals surface area (Å²) in [5, 5.41) is 9.74. The first-order valence-corrected chi connectivity index (χ1v) is 8.67. The molecule has 27 heavy (non-hydrogen) atoms. The Morgan fingerprint density at radius 2 is 1.93 bits per heavy atom. The average Bonchev–Trinajstić information content (AvgIpc) is 3.23. The highest BCUT2D eigenvalue weighted by Crippen LogP contribution is 2.42. The summed E-state index contributed by atoms with van der Waals surface area (Å²) in [5.41, 5.74) is 1.19. The van der Waals surface area contributed by atoms with Gasteiger partial charge in [0.1, 0.15) is 11.5 Å². The van der Waals surface area contributed by atoms with E-state index < -0.39 is 17.8 Å². The topological polar surface area (TPSA) is 89.2 Å². The summed E-state index contributed by atoms with van der Waals surface area (Å²) >= 11 is 0. The fourth-order valence-corrected chi connectivity index (χ4v) is 3.75. The Morgan fingerprint density at radius 3 is 2.48 bits per heavy atom. The molecule has 1 aliphatic heterocycles. The Kier molecular flexibility index (Phi) is 5.12. The predicted molar refractivity (Wildman–Crippen MR) is 97.5 cm³/mol. The van der Waals surface area contributed by atoms with Gasteiger partial charge in [-0.25, -0.2) is 0 Å². The number of furan rings is 1. The molecule has 0 bridgehead atoms. The molecule has 3 rings (SSSR count). The number of hydrogen-bond donors (Lipinski definition) is 1. The number of rotatable bonds is 5. The first-order valence-electron chi connectivity index (χ1n) is 8.67. The molecule has 2 heterocycles. The minimum atomic E-state index is -0.944. The van der Waals surface area contributed by atoms with Gasteiger partial charge in [0.15, 0.2) is 11.5 Å². The van der Waals surface area contributed by atoms with Gasteiger partial charge in [0.05, 0.1) is 25.7 Å². The maximum Gasteiger partial charge on any atom is 0.308 e. The van der Waals surface area contributed by atoms with E-state index >= 15 is 0 Å². The second-order valence-corrected chi connectivity index (χ2v) is 6.67. The van der Waals surface area contributed by atoms with Crippen molar-refractivity contribution in [2.75, 3.05) is 27.3 Å². The summed E-state index contributed by atoms with van der Waals surface area (Å²) in [4.78, 5) is 26.4. The van der Waals surface area contributed by atoms with Crippen LogP contribution >= 0.6 is 0 Å². The van der Waals surface area contributed by atoms with E-state index in [9.17, 15) is 14.7 Å². The van der Waals surface area contributed by atoms with Crippen LogP contribution < -0.4 is 9.47 Å². The van der Waals surface area contributed by atoms with Crippen molar-refractivity contribution in [2.24, 2.45) is 5.92 Å². The molecule has 1 aromatic heterocycles. The smallest absolute Gasteiger partial charge is 0.308 e. The normalized spacial score (nSPS) is 19.2. The van der Waals surface area contributed by atoms with E-state index in [0.29, 0.717) is 28.6 Å². The van der Waals surface area contributed by atoms with Gasteiger partial charge in [-0.2, -0.15) is 0 Å². The van der Waals surface area contributed by atoms with Gasteiger partial charge in [0.25, 0.3) is 5.91 Å². The van der Waals surface area contributed by atoms with Crippen molar-refractivity contribution < 1.29 is 28.6 Å². The zero-order valence-electron chi connectivity index (χ0n) is 15.8. The largest absolute Gasteiger partial charge is 0.493 e. The molecule has 7 nitrogen and oxygen atoms in total. The van der Waals surface area contributed by atoms with Crippen LogP contribution in [-0.4, -0.2) is 49.2 Å². The molecular weight excluding hydrogens is 350 g/mol. The van der Waals surface area contributed by atoms with Crippen LogP contribution in [-0.2, 0) is 4.79 Å². The van der Waals surface area contributed by atoms with Gasteiger partial charge in [-0.1, -0.05) is 12.1 Å². The Hall–Kier alpha value is -2.96. The number of carboxylic acid groups (broad SMARTS) is 1. The number of carbonyl (C=O) groups is 2. The van der Waals surface area contributed by atoms with Gasteiger partial charge in [0.2, 0.25) is 0 Å². The molecule has 2 aromatic rings. The van der Waals surface area contributed by atoms with E-state index in [1.807, 2.05) is 6.07 Å². The second kappa shape index (κ2) is 7.34. The molecule has 1 aliphatic rings. The van der Waals surface area contributed by atoms with Crippen LogP contribution in [0.3, 0.4) is 0 Å². The third-order valence-electron chi connectivity index (χ3n) is 5.03. The zero-order chi connectivity index (χ0) is 19.7. The van der Waals surface area contributed by atoms with E-state index in [2.05, 4.69) is 0 Å². The molecular formula is C20H23NO6. The number of ether oxygens (including phenoxy) is 2. The first kappa shape index (κ1) is 18.8. The van der Waals surface area contributed by atoms with E-state index in [4.69, 9.17) is 13.9 Å². The van der Waals surface area contributed by atoms with Crippen LogP contribution in [0, 0.1) is 19.8 Å². The second-order valence-electron chi connectivity index (χ2n) is 6.67. The molecule has 1 aromatic carbocycles. The van der Waals surface area contributed by atoms with Crippen LogP contribution in [0.15, 0.2) is 28.7 Å². The highest BCUT2D eigenvalue weighted by Gasteiger charge is 2.42. The van der Waals surface area contributed by atoms with Gasteiger partial charge in [0, 0.05) is 24.6 Å². The highest BCUT2D eigenvalue weighted by atomic mass is 16.5. The van der Waals surface area contributed by atoms with Crippen LogP contribution in [0.1, 0.15) is 33.4 Å². The quantitative estimate of drug-likeness (QED) is 0.867. The monoisotopic (exact) mass is 373 g/mol. The van der Waals surface area contributed by atoms with Gasteiger partial charge in [-0.15, -0.1) is 0 Å². The Morgan fingerprint density at radius 1 is 1.19 bits per heavy atom. The number of carboxylic acids is 1. The minimum Gasteiger partial charge on any atom is -0.493 e. The fourth-order valence-electron chi connectivity index (χ4n) is 3.75. The lowest BCUT2D eigenvalue weighted by molar-refractivity contribution is -0.141. The third kappa shape index (κ3) is 3.37. The Balaban J connectivity index is 1.96. The number of carbonyl (C=O) groups excluding carboxylic acids is 1. The first-order chi connectivity index (χ1) is 12.9. The van der Waals surface area contributed by atoms with Crippen molar-refractivity contribution in [2.45, 2.75) is 19.8 Å². The summed E-state index contributed by atoms with van der Waals surface area (Å²) in [5.74, 6) is -0.0815. The van der Waals surface area contributed by atoms with Crippen LogP contribution in [0.4, 0.5) is 0 Å². The van der Waals surface area contributed by atoms with Crippen molar-refractivity contribution in [3.63, 3.8) is 0 Å². The molecule has 0 unspecified atom stereocenters. The number of aryl methyl sites for hydroxylation is 2. The van der Waals surface area contributed by atoms with Gasteiger partial charge in [-0.3, -0.25) is 9.59 Å². The van der Waals surface area contributed by atoms with Gasteiger partial charge in [-0.05, 0) is 26.0 Å². The Bertz CT molecular complexity index is 871. The molecule has 1 fully saturated rings. The lowest BCUT2D eigenvalue weighted by atomic mass is 9.88. The standard InChI is InChI=1S/C20H23NO6/c1-11-8-14(12(2)27-11)19(22)21-9-15(16(10-21)20(23)24)13-6-5-7-17(25-3)18(13)26-4/h5-8,15-16H,9-10H2,1-4H3,(H,23,24)/t15-,16+/m1/s1. The predicted octanol–water partition coefficient (Wildman–Crippen LogP) is 2.85. The summed E-state index contributed by atoms with van der Waals surface area (Å²) in [7, 11) is 3.05. The molecule has 0 spiro atoms. The zero-order valence-corrected chi connectivity index (χ0v) is 15.8. The minimum absolute atomic E-state index is 0.128. The van der Waals surface area contributed by atoms with Crippen molar-refractivity contribution in [1.29, 1.82) is 0 Å². The summed E-state index contributed by atoms with van der Waals surface area (Å²) in [6, 6.07) is 7.06. The maximum atomic E-state index is 12.9. The summed E-state index contributed by atoms with van der Waals surface area (Å²) in [6.07, 6.45) is 0. The number of amides is 1. The van der Waals surface area contributed by atoms with Crippen LogP contribution in [0.5, 0.6) is 11.5 Å². The number of likely N-dealkylation sites (tertiary alicyclic amines) is 1. The molecule has 0 aliphatic carbocycles. The summed E-state index contributed by atoms with van der Waals surface area (Å²) < 4.78 is 16.3. The number of para-hydroxylation sites is 1. The molecule has 1 amide bonds. The van der Waals surface area contributed by atoms with E-state index in [0.717, 1.165) is 5.56 Å². The molecule has 0 radical (unpaired) electrons. The maximum absolute atomic E-state index is 12.9. The van der Waals surface area contributed by atoms with Gasteiger partial charge >= 0.3 is 5.97 Å². The summed E-state index contributed by atoms with van der Waals surface area (Å²) in [6.45, 7) is 3.91. The molecule has 1 saturated heterocycles. The van der Waals surface area contributed by atoms with Gasteiger partial charge < -0.3 is 23.9 Å². The SMILES string of the molecule is COc1cccc([C@H]2CN(C(=O)c3cc(C)oc3C)C[C@@H]2C(=O)O)c1OC. The molecule has 144 valence electrons. The number of aliphatic carboxylic acids is 1. The third-order valence-corrected chi connectivity index (χ3v) is 5.03. The fraction of sp³-hybridized carbons (Fsp3) is 0.400. The number of nitrogens with zero attached hydrogens (tertiary/aromatic N) is 1. The molecule has 1 N–H and O–H groups in total. The van der Waals surface area contributed by atoms with E-state index in [1.165, 1.54) is 14.2 Å². The lowest BCUT2D eigenvalue weighted by Gasteiger charge is -2.20. The molecule has 2 atom stereocenters. The van der Waals surface area contributed by atoms with Crippen molar-refractivity contribution >= 4 is 11.9 Å². The van der Waals surface area contributed by atoms with Crippen molar-refractivity contribution in [3.8, 4) is 11.5 Å².